The fourth-order valence-electron chi connectivity index (χ4n) is 3.91. The number of carbonyl (C=O) groups excluding carboxylic acids is 1. The van der Waals surface area contributed by atoms with Crippen molar-refractivity contribution in [2.75, 3.05) is 33.2 Å². The van der Waals surface area contributed by atoms with Crippen LogP contribution in [-0.2, 0) is 18.2 Å². The molecule has 1 N–H and O–H groups in total. The SMILES string of the molecule is CN=C(NCCc1cnn(C)c1)N1CCC(N(CC2CC2)C(=O)OC(C)(C)C)CC1. The number of ether oxygens (including phenoxy) is 1. The largest absolute Gasteiger partial charge is 0.444 e. The lowest BCUT2D eigenvalue weighted by Crippen LogP contribution is -2.52. The van der Waals surface area contributed by atoms with E-state index in [9.17, 15) is 4.79 Å². The summed E-state index contributed by atoms with van der Waals surface area (Å²) in [4.78, 5) is 21.6. The maximum absolute atomic E-state index is 12.8. The quantitative estimate of drug-likeness (QED) is 0.568. The van der Waals surface area contributed by atoms with Crippen molar-refractivity contribution in [1.29, 1.82) is 0 Å². The fourth-order valence-corrected chi connectivity index (χ4v) is 3.91. The lowest BCUT2D eigenvalue weighted by atomic mass is 10.0. The first-order chi connectivity index (χ1) is 14.2. The minimum Gasteiger partial charge on any atom is -0.444 e. The van der Waals surface area contributed by atoms with Gasteiger partial charge in [-0.25, -0.2) is 4.79 Å². The lowest BCUT2D eigenvalue weighted by Gasteiger charge is -2.40. The Kier molecular flexibility index (Phi) is 7.26. The van der Waals surface area contributed by atoms with Gasteiger partial charge in [0.05, 0.1) is 6.20 Å². The Balaban J connectivity index is 1.50. The summed E-state index contributed by atoms with van der Waals surface area (Å²) in [6.45, 7) is 9.24. The summed E-state index contributed by atoms with van der Waals surface area (Å²) in [5.41, 5.74) is 0.757. The molecule has 0 unspecified atom stereocenters. The Bertz CT molecular complexity index is 726. The first-order valence-corrected chi connectivity index (χ1v) is 11.2. The number of aromatic nitrogens is 2. The first kappa shape index (κ1) is 22.4. The van der Waals surface area contributed by atoms with Crippen molar-refractivity contribution in [1.82, 2.24) is 24.9 Å². The van der Waals surface area contributed by atoms with Crippen molar-refractivity contribution in [3.63, 3.8) is 0 Å². The number of rotatable bonds is 6. The van der Waals surface area contributed by atoms with E-state index < -0.39 is 5.60 Å². The van der Waals surface area contributed by atoms with Crippen LogP contribution in [0.5, 0.6) is 0 Å². The van der Waals surface area contributed by atoms with Gasteiger partial charge in [0.25, 0.3) is 0 Å². The Labute approximate surface area is 180 Å². The molecule has 0 spiro atoms. The molecular formula is C22H38N6O2. The van der Waals surface area contributed by atoms with Gasteiger partial charge in [-0.2, -0.15) is 5.10 Å². The topological polar surface area (TPSA) is 75.0 Å². The van der Waals surface area contributed by atoms with Crippen molar-refractivity contribution in [2.24, 2.45) is 18.0 Å². The van der Waals surface area contributed by atoms with E-state index in [0.717, 1.165) is 51.4 Å². The summed E-state index contributed by atoms with van der Waals surface area (Å²) < 4.78 is 7.53. The Morgan fingerprint density at radius 3 is 2.53 bits per heavy atom. The summed E-state index contributed by atoms with van der Waals surface area (Å²) in [6, 6.07) is 0.241. The molecule has 1 saturated carbocycles. The summed E-state index contributed by atoms with van der Waals surface area (Å²) in [5.74, 6) is 1.58. The number of nitrogens with one attached hydrogen (secondary N) is 1. The maximum Gasteiger partial charge on any atom is 0.410 e. The summed E-state index contributed by atoms with van der Waals surface area (Å²) in [5, 5.41) is 7.69. The van der Waals surface area contributed by atoms with Crippen LogP contribution in [0.3, 0.4) is 0 Å². The third-order valence-corrected chi connectivity index (χ3v) is 5.65. The van der Waals surface area contributed by atoms with Gasteiger partial charge in [-0.15, -0.1) is 0 Å². The molecule has 0 aromatic carbocycles. The van der Waals surface area contributed by atoms with E-state index in [0.29, 0.717) is 5.92 Å². The number of nitrogens with zero attached hydrogens (tertiary/aromatic N) is 5. The van der Waals surface area contributed by atoms with Crippen LogP contribution >= 0.6 is 0 Å². The minimum atomic E-state index is -0.459. The van der Waals surface area contributed by atoms with E-state index in [-0.39, 0.29) is 12.1 Å². The summed E-state index contributed by atoms with van der Waals surface area (Å²) in [7, 11) is 3.77. The Hall–Kier alpha value is -2.25. The van der Waals surface area contributed by atoms with Gasteiger partial charge < -0.3 is 19.9 Å². The molecule has 0 atom stereocenters. The smallest absolute Gasteiger partial charge is 0.410 e. The molecule has 1 aliphatic heterocycles. The molecule has 1 saturated heterocycles. The van der Waals surface area contributed by atoms with E-state index in [2.05, 4.69) is 20.3 Å². The number of amides is 1. The molecule has 1 aromatic heterocycles. The van der Waals surface area contributed by atoms with E-state index in [1.165, 1.54) is 18.4 Å². The van der Waals surface area contributed by atoms with Crippen LogP contribution in [0.25, 0.3) is 0 Å². The number of carbonyl (C=O) groups is 1. The van der Waals surface area contributed by atoms with E-state index in [1.54, 1.807) is 0 Å². The number of aliphatic imine (C=N–C) groups is 1. The van der Waals surface area contributed by atoms with Crippen molar-refractivity contribution in [2.45, 2.75) is 64.5 Å². The highest BCUT2D eigenvalue weighted by Crippen LogP contribution is 2.32. The molecular weight excluding hydrogens is 380 g/mol. The van der Waals surface area contributed by atoms with Crippen LogP contribution in [0.4, 0.5) is 4.79 Å². The second-order valence-corrected chi connectivity index (χ2v) is 9.54. The maximum atomic E-state index is 12.8. The minimum absolute atomic E-state index is 0.160. The summed E-state index contributed by atoms with van der Waals surface area (Å²) in [6.07, 6.45) is 9.04. The molecule has 1 aromatic rings. The molecule has 168 valence electrons. The zero-order valence-corrected chi connectivity index (χ0v) is 19.2. The summed E-state index contributed by atoms with van der Waals surface area (Å²) >= 11 is 0. The number of hydrogen-bond donors (Lipinski definition) is 1. The second kappa shape index (κ2) is 9.71. The standard InChI is InChI=1S/C22H38N6O2/c1-22(2,3)30-21(29)28(16-17-6-7-17)19-9-12-27(13-10-19)20(23-4)24-11-8-18-14-25-26(5)15-18/h14-15,17,19H,6-13,16H2,1-5H3,(H,23,24). The van der Waals surface area contributed by atoms with Gasteiger partial charge in [-0.3, -0.25) is 9.67 Å². The molecule has 1 amide bonds. The molecule has 0 bridgehead atoms. The molecule has 8 nitrogen and oxygen atoms in total. The van der Waals surface area contributed by atoms with E-state index >= 15 is 0 Å². The Morgan fingerprint density at radius 1 is 1.30 bits per heavy atom. The van der Waals surface area contributed by atoms with Crippen LogP contribution in [0, 0.1) is 5.92 Å². The average molecular weight is 419 g/mol. The van der Waals surface area contributed by atoms with Crippen molar-refractivity contribution in [3.8, 4) is 0 Å². The average Bonchev–Trinajstić information content (AvgIpc) is 3.42. The third-order valence-electron chi connectivity index (χ3n) is 5.65. The predicted octanol–water partition coefficient (Wildman–Crippen LogP) is 2.65. The zero-order chi connectivity index (χ0) is 21.7. The number of hydrogen-bond acceptors (Lipinski definition) is 4. The van der Waals surface area contributed by atoms with Gasteiger partial charge in [-0.05, 0) is 64.4 Å². The van der Waals surface area contributed by atoms with Crippen LogP contribution < -0.4 is 5.32 Å². The van der Waals surface area contributed by atoms with Crippen LogP contribution in [0.15, 0.2) is 17.4 Å². The van der Waals surface area contributed by atoms with Gasteiger partial charge in [0.15, 0.2) is 5.96 Å². The second-order valence-electron chi connectivity index (χ2n) is 9.54. The molecule has 30 heavy (non-hydrogen) atoms. The van der Waals surface area contributed by atoms with Crippen LogP contribution in [-0.4, -0.2) is 76.5 Å². The Morgan fingerprint density at radius 2 is 2.00 bits per heavy atom. The van der Waals surface area contributed by atoms with Crippen molar-refractivity contribution < 1.29 is 9.53 Å². The molecule has 2 aliphatic rings. The molecule has 1 aliphatic carbocycles. The van der Waals surface area contributed by atoms with Gasteiger partial charge >= 0.3 is 6.09 Å². The highest BCUT2D eigenvalue weighted by atomic mass is 16.6. The van der Waals surface area contributed by atoms with Crippen molar-refractivity contribution in [3.05, 3.63) is 18.0 Å². The van der Waals surface area contributed by atoms with Crippen LogP contribution in [0.1, 0.15) is 52.0 Å². The fraction of sp³-hybridized carbons (Fsp3) is 0.773. The molecule has 2 heterocycles. The predicted molar refractivity (Wildman–Crippen MR) is 119 cm³/mol. The number of guanidine groups is 1. The van der Waals surface area contributed by atoms with Gasteiger partial charge in [-0.1, -0.05) is 0 Å². The van der Waals surface area contributed by atoms with Gasteiger partial charge in [0, 0.05) is 52.5 Å². The van der Waals surface area contributed by atoms with Gasteiger partial charge in [0.2, 0.25) is 0 Å². The molecule has 8 heteroatoms. The first-order valence-electron chi connectivity index (χ1n) is 11.2. The zero-order valence-electron chi connectivity index (χ0n) is 19.2. The van der Waals surface area contributed by atoms with Crippen molar-refractivity contribution >= 4 is 12.1 Å². The third kappa shape index (κ3) is 6.64. The highest BCUT2D eigenvalue weighted by molar-refractivity contribution is 5.80. The molecule has 3 rings (SSSR count). The monoisotopic (exact) mass is 418 g/mol. The van der Waals surface area contributed by atoms with Gasteiger partial charge in [0.1, 0.15) is 5.60 Å². The molecule has 0 radical (unpaired) electrons. The van der Waals surface area contributed by atoms with E-state index in [4.69, 9.17) is 4.74 Å². The molecule has 2 fully saturated rings. The normalized spacial score (nSPS) is 18.4. The number of likely N-dealkylation sites (tertiary alicyclic amines) is 1. The highest BCUT2D eigenvalue weighted by Gasteiger charge is 2.35. The number of aryl methyl sites for hydroxylation is 1. The lowest BCUT2D eigenvalue weighted by molar-refractivity contribution is 0.00928. The van der Waals surface area contributed by atoms with Crippen LogP contribution in [0.2, 0.25) is 0 Å². The number of piperidine rings is 1. The van der Waals surface area contributed by atoms with E-state index in [1.807, 2.05) is 56.8 Å².